The number of aromatic amines is 1. The minimum atomic E-state index is -0.135. The molecule has 0 bridgehead atoms. The lowest BCUT2D eigenvalue weighted by Gasteiger charge is -2.04. The molecule has 0 unspecified atom stereocenters. The van der Waals surface area contributed by atoms with Gasteiger partial charge in [-0.2, -0.15) is 0 Å². The molecule has 0 saturated carbocycles. The van der Waals surface area contributed by atoms with Gasteiger partial charge < -0.3 is 9.47 Å². The van der Waals surface area contributed by atoms with Gasteiger partial charge in [0, 0.05) is 17.8 Å². The predicted molar refractivity (Wildman–Crippen MR) is 132 cm³/mol. The third-order valence-corrected chi connectivity index (χ3v) is 5.55. The van der Waals surface area contributed by atoms with Crippen molar-refractivity contribution in [2.45, 2.75) is 13.3 Å². The predicted octanol–water partition coefficient (Wildman–Crippen LogP) is 4.90. The largest absolute Gasteiger partial charge is 0.497 e. The Kier molecular flexibility index (Phi) is 6.74. The molecular weight excluding hydrogens is 414 g/mol. The average molecular weight is 442 g/mol. The zero-order valence-corrected chi connectivity index (χ0v) is 19.0. The Morgan fingerprint density at radius 2 is 1.48 bits per heavy atom. The van der Waals surface area contributed by atoms with Gasteiger partial charge in [-0.3, -0.25) is 14.9 Å². The van der Waals surface area contributed by atoms with Crippen molar-refractivity contribution in [3.05, 3.63) is 100 Å². The van der Waals surface area contributed by atoms with Crippen LogP contribution in [0.3, 0.4) is 0 Å². The number of benzene rings is 3. The van der Waals surface area contributed by atoms with E-state index < -0.39 is 0 Å². The maximum Gasteiger partial charge on any atom is 0.280 e. The number of aromatic nitrogens is 2. The molecule has 6 nitrogen and oxygen atoms in total. The third-order valence-electron chi connectivity index (χ3n) is 5.55. The van der Waals surface area contributed by atoms with Crippen molar-refractivity contribution in [1.29, 1.82) is 0 Å². The second-order valence-electron chi connectivity index (χ2n) is 7.63. The molecular formula is C27H27N3O3. The summed E-state index contributed by atoms with van der Waals surface area (Å²) in [5.41, 5.74) is 4.73. The van der Waals surface area contributed by atoms with E-state index in [4.69, 9.17) is 14.5 Å². The summed E-state index contributed by atoms with van der Waals surface area (Å²) in [6.45, 7) is 2.48. The van der Waals surface area contributed by atoms with Gasteiger partial charge in [0.25, 0.3) is 5.56 Å². The highest BCUT2D eigenvalue weighted by Crippen LogP contribution is 2.22. The summed E-state index contributed by atoms with van der Waals surface area (Å²) in [7, 11) is 3.27. The first kappa shape index (κ1) is 22.1. The first-order valence-electron chi connectivity index (χ1n) is 10.8. The normalized spacial score (nSPS) is 11.4. The molecule has 0 radical (unpaired) electrons. The molecule has 3 aromatic carbocycles. The highest BCUT2D eigenvalue weighted by molar-refractivity contribution is 6.03. The van der Waals surface area contributed by atoms with Crippen LogP contribution in [0.15, 0.2) is 88.6 Å². The molecule has 1 heterocycles. The molecule has 0 spiro atoms. The Morgan fingerprint density at radius 3 is 2.09 bits per heavy atom. The number of aliphatic imine (C=N–C) groups is 1. The molecule has 0 aliphatic carbocycles. The number of rotatable bonds is 8. The number of methoxy groups -OCH3 is 2. The summed E-state index contributed by atoms with van der Waals surface area (Å²) in [5.74, 6) is 1.57. The third kappa shape index (κ3) is 4.90. The van der Waals surface area contributed by atoms with Crippen molar-refractivity contribution in [1.82, 2.24) is 9.78 Å². The fourth-order valence-corrected chi connectivity index (χ4v) is 3.72. The van der Waals surface area contributed by atoms with Gasteiger partial charge in [0.05, 0.1) is 31.2 Å². The SMILES string of the molecule is COc1ccc(CCN=C(C)c2c(-c3ccccc3)[nH]n(-c3ccc(OC)cc3)c2=O)cc1. The van der Waals surface area contributed by atoms with Crippen LogP contribution >= 0.6 is 0 Å². The maximum atomic E-state index is 13.5. The van der Waals surface area contributed by atoms with Crippen LogP contribution in [0.2, 0.25) is 0 Å². The Bertz CT molecular complexity index is 1290. The molecule has 0 atom stereocenters. The van der Waals surface area contributed by atoms with E-state index in [0.29, 0.717) is 17.8 Å². The van der Waals surface area contributed by atoms with Crippen LogP contribution in [-0.4, -0.2) is 36.3 Å². The summed E-state index contributed by atoms with van der Waals surface area (Å²) in [6.07, 6.45) is 0.777. The second kappa shape index (κ2) is 10.0. The van der Waals surface area contributed by atoms with Gasteiger partial charge in [0.2, 0.25) is 0 Å². The lowest BCUT2D eigenvalue weighted by Crippen LogP contribution is -2.19. The van der Waals surface area contributed by atoms with E-state index in [2.05, 4.69) is 5.10 Å². The van der Waals surface area contributed by atoms with Gasteiger partial charge in [0.15, 0.2) is 0 Å². The number of nitrogens with zero attached hydrogens (tertiary/aromatic N) is 2. The summed E-state index contributed by atoms with van der Waals surface area (Å²) in [4.78, 5) is 18.2. The molecule has 168 valence electrons. The Labute approximate surface area is 193 Å². The summed E-state index contributed by atoms with van der Waals surface area (Å²) in [6, 6.07) is 25.2. The van der Waals surface area contributed by atoms with Crippen LogP contribution in [0.4, 0.5) is 0 Å². The molecule has 4 rings (SSSR count). The quantitative estimate of drug-likeness (QED) is 0.396. The van der Waals surface area contributed by atoms with Crippen LogP contribution in [0.1, 0.15) is 18.1 Å². The number of H-pyrrole nitrogens is 1. The molecule has 0 saturated heterocycles. The average Bonchev–Trinajstić information content (AvgIpc) is 3.22. The molecule has 0 amide bonds. The van der Waals surface area contributed by atoms with E-state index >= 15 is 0 Å². The van der Waals surface area contributed by atoms with Crippen LogP contribution in [-0.2, 0) is 6.42 Å². The lowest BCUT2D eigenvalue weighted by atomic mass is 10.1. The topological polar surface area (TPSA) is 68.6 Å². The van der Waals surface area contributed by atoms with Crippen LogP contribution < -0.4 is 15.0 Å². The van der Waals surface area contributed by atoms with Crippen molar-refractivity contribution < 1.29 is 9.47 Å². The first-order chi connectivity index (χ1) is 16.1. The van der Waals surface area contributed by atoms with E-state index in [1.54, 1.807) is 18.9 Å². The zero-order chi connectivity index (χ0) is 23.2. The molecule has 33 heavy (non-hydrogen) atoms. The molecule has 1 aromatic heterocycles. The van der Waals surface area contributed by atoms with Crippen molar-refractivity contribution in [3.8, 4) is 28.4 Å². The lowest BCUT2D eigenvalue weighted by molar-refractivity contribution is 0.414. The zero-order valence-electron chi connectivity index (χ0n) is 19.0. The molecule has 0 fully saturated rings. The maximum absolute atomic E-state index is 13.5. The Hall–Kier alpha value is -4.06. The van der Waals surface area contributed by atoms with Gasteiger partial charge in [-0.1, -0.05) is 42.5 Å². The summed E-state index contributed by atoms with van der Waals surface area (Å²) < 4.78 is 12.0. The fraction of sp³-hybridized carbons (Fsp3) is 0.185. The van der Waals surface area contributed by atoms with Crippen molar-refractivity contribution in [3.63, 3.8) is 0 Å². The number of hydrogen-bond acceptors (Lipinski definition) is 4. The number of ether oxygens (including phenoxy) is 2. The van der Waals surface area contributed by atoms with E-state index in [-0.39, 0.29) is 5.56 Å². The van der Waals surface area contributed by atoms with Crippen molar-refractivity contribution >= 4 is 5.71 Å². The van der Waals surface area contributed by atoms with Gasteiger partial charge >= 0.3 is 0 Å². The van der Waals surface area contributed by atoms with Gasteiger partial charge in [-0.15, -0.1) is 0 Å². The minimum absolute atomic E-state index is 0.135. The summed E-state index contributed by atoms with van der Waals surface area (Å²) in [5, 5.41) is 3.29. The van der Waals surface area contributed by atoms with Gasteiger partial charge in [-0.25, -0.2) is 4.68 Å². The van der Waals surface area contributed by atoms with Crippen molar-refractivity contribution in [2.75, 3.05) is 20.8 Å². The Balaban J connectivity index is 1.68. The Morgan fingerprint density at radius 1 is 0.879 bits per heavy atom. The molecule has 0 aliphatic heterocycles. The number of nitrogens with one attached hydrogen (secondary N) is 1. The van der Waals surface area contributed by atoms with Gasteiger partial charge in [-0.05, 0) is 55.3 Å². The molecule has 1 N–H and O–H groups in total. The molecule has 4 aromatic rings. The molecule has 6 heteroatoms. The van der Waals surface area contributed by atoms with E-state index in [0.717, 1.165) is 34.9 Å². The van der Waals surface area contributed by atoms with E-state index in [9.17, 15) is 4.79 Å². The first-order valence-corrected chi connectivity index (χ1v) is 10.8. The smallest absolute Gasteiger partial charge is 0.280 e. The minimum Gasteiger partial charge on any atom is -0.497 e. The van der Waals surface area contributed by atoms with Crippen LogP contribution in [0.5, 0.6) is 11.5 Å². The highest BCUT2D eigenvalue weighted by atomic mass is 16.5. The highest BCUT2D eigenvalue weighted by Gasteiger charge is 2.19. The van der Waals surface area contributed by atoms with E-state index in [1.807, 2.05) is 85.8 Å². The summed E-state index contributed by atoms with van der Waals surface area (Å²) >= 11 is 0. The van der Waals surface area contributed by atoms with Gasteiger partial charge in [0.1, 0.15) is 11.5 Å². The second-order valence-corrected chi connectivity index (χ2v) is 7.63. The number of hydrogen-bond donors (Lipinski definition) is 1. The van der Waals surface area contributed by atoms with Crippen LogP contribution in [0, 0.1) is 0 Å². The monoisotopic (exact) mass is 441 g/mol. The standard InChI is InChI=1S/C27H27N3O3/c1-19(28-18-17-20-9-13-23(32-2)14-10-20)25-26(21-7-5-4-6-8-21)29-30(27(25)31)22-11-15-24(33-3)16-12-22/h4-16,29H,17-18H2,1-3H3. The fourth-order valence-electron chi connectivity index (χ4n) is 3.72. The molecule has 0 aliphatic rings. The van der Waals surface area contributed by atoms with E-state index in [1.165, 1.54) is 5.56 Å². The van der Waals surface area contributed by atoms with Crippen LogP contribution in [0.25, 0.3) is 16.9 Å². The van der Waals surface area contributed by atoms with Crippen molar-refractivity contribution in [2.24, 2.45) is 4.99 Å².